The van der Waals surface area contributed by atoms with E-state index in [1.54, 1.807) is 0 Å². The molecule has 2 rings (SSSR count). The third kappa shape index (κ3) is 3.60. The molecule has 1 nitrogen and oxygen atoms in total. The van der Waals surface area contributed by atoms with Crippen molar-refractivity contribution in [1.82, 2.24) is 0 Å². The van der Waals surface area contributed by atoms with Crippen LogP contribution in [-0.4, -0.2) is 0 Å². The van der Waals surface area contributed by atoms with Gasteiger partial charge in [-0.25, -0.2) is 4.39 Å². The van der Waals surface area contributed by atoms with Crippen molar-refractivity contribution in [2.24, 2.45) is 0 Å². The minimum absolute atomic E-state index is 0.104. The van der Waals surface area contributed by atoms with E-state index in [1.165, 1.54) is 17.7 Å². The van der Waals surface area contributed by atoms with Crippen molar-refractivity contribution >= 4 is 21.6 Å². The van der Waals surface area contributed by atoms with E-state index in [0.717, 1.165) is 15.7 Å². The van der Waals surface area contributed by atoms with E-state index < -0.39 is 0 Å². The lowest BCUT2D eigenvalue weighted by Crippen LogP contribution is -2.07. The molecule has 2 aromatic carbocycles. The zero-order chi connectivity index (χ0) is 14.7. The van der Waals surface area contributed by atoms with Crippen LogP contribution in [0.3, 0.4) is 0 Å². The van der Waals surface area contributed by atoms with Crippen LogP contribution in [0.5, 0.6) is 0 Å². The molecule has 0 bridgehead atoms. The summed E-state index contributed by atoms with van der Waals surface area (Å²) in [6.07, 6.45) is 0. The lowest BCUT2D eigenvalue weighted by molar-refractivity contribution is 0.625. The summed E-state index contributed by atoms with van der Waals surface area (Å²) >= 11 is 3.42. The van der Waals surface area contributed by atoms with E-state index in [0.29, 0.717) is 5.92 Å². The third-order valence-electron chi connectivity index (χ3n) is 3.37. The minimum Gasteiger partial charge on any atom is -0.378 e. The first-order valence-corrected chi connectivity index (χ1v) is 7.58. The molecule has 1 N–H and O–H groups in total. The van der Waals surface area contributed by atoms with Crippen molar-refractivity contribution in [3.8, 4) is 0 Å². The second-order valence-corrected chi connectivity index (χ2v) is 6.17. The van der Waals surface area contributed by atoms with Crippen LogP contribution in [-0.2, 0) is 0 Å². The Labute approximate surface area is 128 Å². The molecular weight excluding hydrogens is 317 g/mol. The molecule has 0 amide bonds. The molecule has 0 spiro atoms. The third-order valence-corrected chi connectivity index (χ3v) is 4.05. The molecule has 0 aliphatic rings. The maximum atomic E-state index is 13.1. The van der Waals surface area contributed by atoms with Gasteiger partial charge in [-0.15, -0.1) is 0 Å². The summed E-state index contributed by atoms with van der Waals surface area (Å²) in [5.74, 6) is 0.277. The van der Waals surface area contributed by atoms with E-state index in [9.17, 15) is 4.39 Å². The Morgan fingerprint density at radius 1 is 1.05 bits per heavy atom. The van der Waals surface area contributed by atoms with Crippen molar-refractivity contribution in [3.63, 3.8) is 0 Å². The van der Waals surface area contributed by atoms with Crippen LogP contribution in [0.15, 0.2) is 46.9 Å². The molecule has 1 unspecified atom stereocenters. The molecule has 106 valence electrons. The normalized spacial score (nSPS) is 12.5. The largest absolute Gasteiger partial charge is 0.378 e. The number of nitrogens with one attached hydrogen (secondary N) is 1. The number of anilines is 1. The van der Waals surface area contributed by atoms with Crippen LogP contribution in [0.25, 0.3) is 0 Å². The molecule has 0 saturated carbocycles. The van der Waals surface area contributed by atoms with Gasteiger partial charge in [0.1, 0.15) is 5.82 Å². The van der Waals surface area contributed by atoms with Gasteiger partial charge in [-0.3, -0.25) is 0 Å². The van der Waals surface area contributed by atoms with Gasteiger partial charge in [-0.05, 0) is 48.2 Å². The monoisotopic (exact) mass is 335 g/mol. The van der Waals surface area contributed by atoms with Gasteiger partial charge in [0.15, 0.2) is 0 Å². The molecular formula is C17H19BrFN. The summed E-state index contributed by atoms with van der Waals surface area (Å²) in [7, 11) is 0. The number of benzene rings is 2. The van der Waals surface area contributed by atoms with Gasteiger partial charge in [0.25, 0.3) is 0 Å². The van der Waals surface area contributed by atoms with Crippen molar-refractivity contribution in [2.75, 3.05) is 5.32 Å². The number of hydrogen-bond acceptors (Lipinski definition) is 1. The molecule has 2 aromatic rings. The first kappa shape index (κ1) is 15.0. The zero-order valence-electron chi connectivity index (χ0n) is 12.0. The van der Waals surface area contributed by atoms with Crippen LogP contribution >= 0.6 is 15.9 Å². The Morgan fingerprint density at radius 2 is 1.80 bits per heavy atom. The van der Waals surface area contributed by atoms with Crippen molar-refractivity contribution in [1.29, 1.82) is 0 Å². The van der Waals surface area contributed by atoms with Crippen LogP contribution in [0.4, 0.5) is 10.1 Å². The molecule has 20 heavy (non-hydrogen) atoms. The van der Waals surface area contributed by atoms with E-state index in [1.807, 2.05) is 6.07 Å². The highest BCUT2D eigenvalue weighted by Gasteiger charge is 2.10. The highest BCUT2D eigenvalue weighted by atomic mass is 79.9. The smallest absolute Gasteiger partial charge is 0.124 e. The fraction of sp³-hybridized carbons (Fsp3) is 0.294. The number of halogens is 2. The fourth-order valence-electron chi connectivity index (χ4n) is 2.17. The topological polar surface area (TPSA) is 12.0 Å². The Bertz CT molecular complexity index is 595. The molecule has 0 saturated heterocycles. The Balaban J connectivity index is 2.19. The second-order valence-electron chi connectivity index (χ2n) is 5.31. The van der Waals surface area contributed by atoms with E-state index >= 15 is 0 Å². The van der Waals surface area contributed by atoms with Gasteiger partial charge < -0.3 is 5.32 Å². The summed E-state index contributed by atoms with van der Waals surface area (Å²) < 4.78 is 13.9. The first-order chi connectivity index (χ1) is 9.47. The average molecular weight is 336 g/mol. The van der Waals surface area contributed by atoms with Crippen LogP contribution < -0.4 is 5.32 Å². The summed E-state index contributed by atoms with van der Waals surface area (Å²) in [6.45, 7) is 6.43. The first-order valence-electron chi connectivity index (χ1n) is 6.79. The fourth-order valence-corrected chi connectivity index (χ4v) is 2.86. The van der Waals surface area contributed by atoms with Crippen LogP contribution in [0, 0.1) is 5.82 Å². The molecule has 0 fully saturated rings. The predicted octanol–water partition coefficient (Wildman–Crippen LogP) is 5.88. The van der Waals surface area contributed by atoms with Crippen molar-refractivity contribution < 1.29 is 4.39 Å². The number of hydrogen-bond donors (Lipinski definition) is 1. The molecule has 0 aliphatic carbocycles. The molecule has 0 heterocycles. The minimum atomic E-state index is -0.227. The standard InChI is InChI=1S/C17H19BrFN/c1-11(2)13-5-4-6-15(9-13)20-12(3)16-8-7-14(19)10-17(16)18/h4-12,20H,1-3H3. The average Bonchev–Trinajstić information content (AvgIpc) is 2.38. The Morgan fingerprint density at radius 3 is 2.45 bits per heavy atom. The van der Waals surface area contributed by atoms with Crippen LogP contribution in [0.1, 0.15) is 43.9 Å². The molecule has 3 heteroatoms. The molecule has 1 atom stereocenters. The van der Waals surface area contributed by atoms with E-state index in [-0.39, 0.29) is 11.9 Å². The quantitative estimate of drug-likeness (QED) is 0.735. The van der Waals surface area contributed by atoms with Crippen molar-refractivity contribution in [3.05, 3.63) is 63.9 Å². The second kappa shape index (κ2) is 6.40. The van der Waals surface area contributed by atoms with E-state index in [2.05, 4.69) is 66.3 Å². The van der Waals surface area contributed by atoms with Gasteiger partial charge in [0.2, 0.25) is 0 Å². The maximum absolute atomic E-state index is 13.1. The Hall–Kier alpha value is -1.35. The zero-order valence-corrected chi connectivity index (χ0v) is 13.5. The lowest BCUT2D eigenvalue weighted by Gasteiger charge is -2.18. The highest BCUT2D eigenvalue weighted by Crippen LogP contribution is 2.28. The summed E-state index contributed by atoms with van der Waals surface area (Å²) in [5.41, 5.74) is 3.43. The lowest BCUT2D eigenvalue weighted by atomic mass is 10.0. The molecule has 0 radical (unpaired) electrons. The van der Waals surface area contributed by atoms with Gasteiger partial charge in [0, 0.05) is 16.2 Å². The maximum Gasteiger partial charge on any atom is 0.124 e. The number of rotatable bonds is 4. The van der Waals surface area contributed by atoms with Gasteiger partial charge >= 0.3 is 0 Å². The van der Waals surface area contributed by atoms with Crippen LogP contribution in [0.2, 0.25) is 0 Å². The summed E-state index contributed by atoms with van der Waals surface area (Å²) in [5, 5.41) is 3.46. The Kier molecular flexibility index (Phi) is 4.81. The predicted molar refractivity (Wildman–Crippen MR) is 86.7 cm³/mol. The van der Waals surface area contributed by atoms with E-state index in [4.69, 9.17) is 0 Å². The molecule has 0 aromatic heterocycles. The van der Waals surface area contributed by atoms with Gasteiger partial charge in [-0.1, -0.05) is 48.0 Å². The highest BCUT2D eigenvalue weighted by molar-refractivity contribution is 9.10. The SMILES string of the molecule is CC(C)c1cccc(NC(C)c2ccc(F)cc2Br)c1. The van der Waals surface area contributed by atoms with Crippen molar-refractivity contribution in [2.45, 2.75) is 32.7 Å². The molecule has 0 aliphatic heterocycles. The summed E-state index contributed by atoms with van der Waals surface area (Å²) in [4.78, 5) is 0. The summed E-state index contributed by atoms with van der Waals surface area (Å²) in [6, 6.07) is 13.3. The van der Waals surface area contributed by atoms with Gasteiger partial charge in [0.05, 0.1) is 0 Å². The van der Waals surface area contributed by atoms with Gasteiger partial charge in [-0.2, -0.15) is 0 Å².